The molecule has 1 aromatic heterocycles. The van der Waals surface area contributed by atoms with Gasteiger partial charge in [-0.15, -0.1) is 0 Å². The summed E-state index contributed by atoms with van der Waals surface area (Å²) in [5.41, 5.74) is -0.0376. The van der Waals surface area contributed by atoms with Crippen molar-refractivity contribution in [3.8, 4) is 5.75 Å². The second-order valence-corrected chi connectivity index (χ2v) is 7.47. The summed E-state index contributed by atoms with van der Waals surface area (Å²) in [5, 5.41) is 16.1. The molecule has 0 radical (unpaired) electrons. The predicted octanol–water partition coefficient (Wildman–Crippen LogP) is 4.05. The molecule has 3 rings (SSSR count). The van der Waals surface area contributed by atoms with Gasteiger partial charge in [0.15, 0.2) is 11.3 Å². The molecule has 29 heavy (non-hydrogen) atoms. The van der Waals surface area contributed by atoms with Gasteiger partial charge in [-0.3, -0.25) is 4.79 Å². The number of benzene rings is 2. The van der Waals surface area contributed by atoms with Crippen LogP contribution in [0.1, 0.15) is 34.3 Å². The Hall–Kier alpha value is -3.13. The van der Waals surface area contributed by atoms with Crippen LogP contribution < -0.4 is 10.1 Å². The van der Waals surface area contributed by atoms with Crippen molar-refractivity contribution in [2.75, 3.05) is 0 Å². The van der Waals surface area contributed by atoms with E-state index in [1.165, 1.54) is 6.92 Å². The number of carboxylic acid groups (broad SMARTS) is 1. The van der Waals surface area contributed by atoms with Crippen LogP contribution in [-0.2, 0) is 16.9 Å². The first kappa shape index (κ1) is 20.6. The summed E-state index contributed by atoms with van der Waals surface area (Å²) in [6, 6.07) is 15.1. The lowest BCUT2D eigenvalue weighted by Crippen LogP contribution is -2.49. The molecule has 1 heterocycles. The van der Waals surface area contributed by atoms with E-state index in [1.807, 2.05) is 6.92 Å². The summed E-state index contributed by atoms with van der Waals surface area (Å²) in [7, 11) is 0. The van der Waals surface area contributed by atoms with Gasteiger partial charge in [-0.25, -0.2) is 4.79 Å². The van der Waals surface area contributed by atoms with Crippen LogP contribution in [0.3, 0.4) is 0 Å². The van der Waals surface area contributed by atoms with Crippen molar-refractivity contribution in [3.05, 3.63) is 81.7 Å². The van der Waals surface area contributed by atoms with Crippen LogP contribution in [0.25, 0.3) is 0 Å². The summed E-state index contributed by atoms with van der Waals surface area (Å²) in [4.78, 5) is 24.6. The van der Waals surface area contributed by atoms with E-state index in [-0.39, 0.29) is 6.61 Å². The Kier molecular flexibility index (Phi) is 6.03. The Balaban J connectivity index is 1.75. The number of rotatable bonds is 7. The summed E-state index contributed by atoms with van der Waals surface area (Å²) in [6.07, 6.45) is 0. The van der Waals surface area contributed by atoms with Crippen molar-refractivity contribution in [3.63, 3.8) is 0 Å². The highest BCUT2D eigenvalue weighted by molar-refractivity contribution is 9.10. The number of nitrogens with one attached hydrogen (secondary N) is 1. The van der Waals surface area contributed by atoms with Crippen molar-refractivity contribution in [1.29, 1.82) is 0 Å². The predicted molar refractivity (Wildman–Crippen MR) is 109 cm³/mol. The van der Waals surface area contributed by atoms with E-state index in [9.17, 15) is 14.7 Å². The fourth-order valence-electron chi connectivity index (χ4n) is 2.71. The number of carbonyl (C=O) groups excluding carboxylic acids is 1. The first-order valence-corrected chi connectivity index (χ1v) is 9.55. The van der Waals surface area contributed by atoms with Crippen LogP contribution in [0.2, 0.25) is 0 Å². The number of carbonyl (C=O) groups is 2. The van der Waals surface area contributed by atoms with E-state index in [2.05, 4.69) is 26.4 Å². The number of halogens is 1. The molecular weight excluding hydrogens is 440 g/mol. The molecule has 0 fully saturated rings. The molecule has 0 aliphatic rings. The molecule has 0 saturated carbocycles. The average molecular weight is 459 g/mol. The van der Waals surface area contributed by atoms with E-state index in [0.717, 1.165) is 5.69 Å². The van der Waals surface area contributed by atoms with E-state index >= 15 is 0 Å². The van der Waals surface area contributed by atoms with Crippen LogP contribution >= 0.6 is 15.9 Å². The maximum Gasteiger partial charge on any atom is 0.333 e. The van der Waals surface area contributed by atoms with E-state index < -0.39 is 17.4 Å². The Labute approximate surface area is 175 Å². The topological polar surface area (TPSA) is 102 Å². The minimum atomic E-state index is -1.57. The molecule has 7 nitrogen and oxygen atoms in total. The molecule has 0 saturated heterocycles. The highest BCUT2D eigenvalue weighted by atomic mass is 79.9. The van der Waals surface area contributed by atoms with Crippen molar-refractivity contribution < 1.29 is 24.0 Å². The van der Waals surface area contributed by atoms with Gasteiger partial charge in [0.2, 0.25) is 0 Å². The Bertz CT molecular complexity index is 1030. The van der Waals surface area contributed by atoms with Crippen molar-refractivity contribution in [2.24, 2.45) is 0 Å². The molecular formula is C21H19BrN2O5. The van der Waals surface area contributed by atoms with Crippen LogP contribution in [0.4, 0.5) is 0 Å². The van der Waals surface area contributed by atoms with Crippen LogP contribution in [-0.4, -0.2) is 22.1 Å². The number of aromatic nitrogens is 1. The Morgan fingerprint density at radius 3 is 2.52 bits per heavy atom. The molecule has 0 bridgehead atoms. The third-order valence-electron chi connectivity index (χ3n) is 4.38. The van der Waals surface area contributed by atoms with Crippen molar-refractivity contribution in [1.82, 2.24) is 10.5 Å². The summed E-state index contributed by atoms with van der Waals surface area (Å²) < 4.78 is 11.3. The van der Waals surface area contributed by atoms with Gasteiger partial charge in [0.25, 0.3) is 5.91 Å². The monoisotopic (exact) mass is 458 g/mol. The SMILES string of the molecule is Cc1cc(COc2ccc(C(=O)NC(C)(C(=O)O)c3ccccc3)cc2Br)on1. The molecule has 2 aromatic carbocycles. The molecule has 8 heteroatoms. The average Bonchev–Trinajstić information content (AvgIpc) is 3.12. The van der Waals surface area contributed by atoms with Crippen LogP contribution in [0, 0.1) is 6.92 Å². The lowest BCUT2D eigenvalue weighted by Gasteiger charge is -2.27. The fraction of sp³-hybridized carbons (Fsp3) is 0.190. The number of hydrogen-bond donors (Lipinski definition) is 2. The number of hydrogen-bond acceptors (Lipinski definition) is 5. The molecule has 150 valence electrons. The number of carboxylic acids is 1. The second kappa shape index (κ2) is 8.48. The summed E-state index contributed by atoms with van der Waals surface area (Å²) in [6.45, 7) is 3.46. The molecule has 0 aliphatic carbocycles. The number of amides is 1. The maximum atomic E-state index is 12.7. The molecule has 3 aromatic rings. The lowest BCUT2D eigenvalue weighted by molar-refractivity contribution is -0.144. The summed E-state index contributed by atoms with van der Waals surface area (Å²) >= 11 is 3.38. The first-order chi connectivity index (χ1) is 13.8. The maximum absolute atomic E-state index is 12.7. The highest BCUT2D eigenvalue weighted by Gasteiger charge is 2.37. The third-order valence-corrected chi connectivity index (χ3v) is 5.00. The number of aryl methyl sites for hydroxylation is 1. The van der Waals surface area contributed by atoms with Gasteiger partial charge in [-0.2, -0.15) is 0 Å². The van der Waals surface area contributed by atoms with Gasteiger partial charge in [-0.05, 0) is 53.5 Å². The smallest absolute Gasteiger partial charge is 0.333 e. The Morgan fingerprint density at radius 2 is 1.93 bits per heavy atom. The minimum absolute atomic E-state index is 0.191. The highest BCUT2D eigenvalue weighted by Crippen LogP contribution is 2.28. The van der Waals surface area contributed by atoms with Crippen molar-refractivity contribution in [2.45, 2.75) is 26.0 Å². The van der Waals surface area contributed by atoms with Gasteiger partial charge >= 0.3 is 5.97 Å². The molecule has 1 unspecified atom stereocenters. The zero-order chi connectivity index (χ0) is 21.0. The molecule has 0 spiro atoms. The van der Waals surface area contributed by atoms with E-state index in [0.29, 0.717) is 27.1 Å². The second-order valence-electron chi connectivity index (χ2n) is 6.62. The van der Waals surface area contributed by atoms with E-state index in [4.69, 9.17) is 9.26 Å². The quantitative estimate of drug-likeness (QED) is 0.553. The van der Waals surface area contributed by atoms with E-state index in [1.54, 1.807) is 54.6 Å². The minimum Gasteiger partial charge on any atom is -0.484 e. The first-order valence-electron chi connectivity index (χ1n) is 8.75. The normalized spacial score (nSPS) is 12.8. The fourth-order valence-corrected chi connectivity index (χ4v) is 3.21. The third kappa shape index (κ3) is 4.65. The van der Waals surface area contributed by atoms with Crippen LogP contribution in [0.5, 0.6) is 5.75 Å². The number of nitrogens with zero attached hydrogens (tertiary/aromatic N) is 1. The zero-order valence-electron chi connectivity index (χ0n) is 15.8. The number of aliphatic carboxylic acids is 1. The number of ether oxygens (including phenoxy) is 1. The molecule has 1 atom stereocenters. The van der Waals surface area contributed by atoms with Crippen LogP contribution in [0.15, 0.2) is 63.6 Å². The van der Waals surface area contributed by atoms with Gasteiger partial charge < -0.3 is 19.7 Å². The molecule has 2 N–H and O–H groups in total. The zero-order valence-corrected chi connectivity index (χ0v) is 17.4. The Morgan fingerprint density at radius 1 is 1.21 bits per heavy atom. The standard InChI is InChI=1S/C21H19BrN2O5/c1-13-10-16(29-24-13)12-28-18-9-8-14(11-17(18)22)19(25)23-21(2,20(26)27)15-6-4-3-5-7-15/h3-11H,12H2,1-2H3,(H,23,25)(H,26,27). The molecule has 1 amide bonds. The van der Waals surface area contributed by atoms with Gasteiger partial charge in [0.05, 0.1) is 10.2 Å². The van der Waals surface area contributed by atoms with Gasteiger partial charge in [0.1, 0.15) is 12.4 Å². The van der Waals surface area contributed by atoms with Crippen molar-refractivity contribution >= 4 is 27.8 Å². The molecule has 0 aliphatic heterocycles. The van der Waals surface area contributed by atoms with Gasteiger partial charge in [0, 0.05) is 11.6 Å². The summed E-state index contributed by atoms with van der Waals surface area (Å²) in [5.74, 6) is -0.578. The largest absolute Gasteiger partial charge is 0.484 e. The van der Waals surface area contributed by atoms with Gasteiger partial charge in [-0.1, -0.05) is 35.5 Å². The lowest BCUT2D eigenvalue weighted by atomic mass is 9.91.